The number of esters is 1. The number of unbranched alkanes of at least 4 members (excludes halogenated alkanes) is 4. The molecule has 234 valence electrons. The number of nitrogens with one attached hydrogen (secondary N) is 1. The first-order chi connectivity index (χ1) is 19.6. The van der Waals surface area contributed by atoms with Crippen LogP contribution >= 0.6 is 7.82 Å². The van der Waals surface area contributed by atoms with Gasteiger partial charge in [0.25, 0.3) is 0 Å². The van der Waals surface area contributed by atoms with E-state index in [1.54, 1.807) is 0 Å². The third-order valence-corrected chi connectivity index (χ3v) is 6.39. The second kappa shape index (κ2) is 25.2. The monoisotopic (exact) mass is 601 g/mol. The number of carbonyl (C=O) groups is 3. The Labute approximate surface area is 244 Å². The zero-order valence-corrected chi connectivity index (χ0v) is 25.2. The maximum Gasteiger partial charge on any atom is 0.472 e. The van der Waals surface area contributed by atoms with Crippen LogP contribution in [0.2, 0.25) is 0 Å². The average molecular weight is 602 g/mol. The predicted molar refractivity (Wildman–Crippen MR) is 157 cm³/mol. The maximum absolute atomic E-state index is 11.9. The van der Waals surface area contributed by atoms with Gasteiger partial charge in [0.15, 0.2) is 6.04 Å². The lowest BCUT2D eigenvalue weighted by atomic mass is 10.2. The molecule has 0 aromatic heterocycles. The van der Waals surface area contributed by atoms with Gasteiger partial charge in [-0.3, -0.25) is 18.6 Å². The van der Waals surface area contributed by atoms with Gasteiger partial charge in [0.1, 0.15) is 12.7 Å². The Morgan fingerprint density at radius 3 is 1.88 bits per heavy atom. The lowest BCUT2D eigenvalue weighted by Crippen LogP contribution is -2.43. The van der Waals surface area contributed by atoms with E-state index in [4.69, 9.17) is 9.84 Å². The molecule has 41 heavy (non-hydrogen) atoms. The number of ether oxygens (including phenoxy) is 1. The van der Waals surface area contributed by atoms with Crippen LogP contribution in [0.1, 0.15) is 84.5 Å². The van der Waals surface area contributed by atoms with Crippen LogP contribution in [0, 0.1) is 0 Å². The van der Waals surface area contributed by atoms with E-state index in [1.807, 2.05) is 12.2 Å². The van der Waals surface area contributed by atoms with Crippen LogP contribution in [-0.2, 0) is 32.7 Å². The molecule has 0 aliphatic carbocycles. The smallest absolute Gasteiger partial charge is 0.472 e. The summed E-state index contributed by atoms with van der Waals surface area (Å²) in [6.45, 7) is 1.75. The van der Waals surface area contributed by atoms with Gasteiger partial charge in [-0.15, -0.1) is 0 Å². The predicted octanol–water partition coefficient (Wildman–Crippen LogP) is 5.15. The molecule has 0 aliphatic rings. The van der Waals surface area contributed by atoms with Gasteiger partial charge in [0.2, 0.25) is 5.91 Å². The third kappa shape index (κ3) is 24.9. The van der Waals surface area contributed by atoms with Crippen molar-refractivity contribution in [2.24, 2.45) is 0 Å². The molecular weight excluding hydrogens is 553 g/mol. The number of hydrogen-bond donors (Lipinski definition) is 4. The van der Waals surface area contributed by atoms with Crippen molar-refractivity contribution in [3.05, 3.63) is 48.6 Å². The van der Waals surface area contributed by atoms with Crippen molar-refractivity contribution in [1.29, 1.82) is 0 Å². The van der Waals surface area contributed by atoms with Crippen LogP contribution in [0.15, 0.2) is 48.6 Å². The van der Waals surface area contributed by atoms with Crippen molar-refractivity contribution in [2.45, 2.75) is 96.6 Å². The number of phosphoric ester groups is 1. The number of aliphatic carboxylic acids is 1. The zero-order valence-electron chi connectivity index (χ0n) is 24.3. The van der Waals surface area contributed by atoms with Crippen LogP contribution in [-0.4, -0.2) is 64.9 Å². The molecule has 4 N–H and O–H groups in total. The first kappa shape index (κ1) is 38.4. The summed E-state index contributed by atoms with van der Waals surface area (Å²) in [7, 11) is -4.72. The number of hydrogen-bond acceptors (Lipinski definition) is 8. The summed E-state index contributed by atoms with van der Waals surface area (Å²) >= 11 is 0. The number of carboxylic acid groups (broad SMARTS) is 1. The molecule has 3 atom stereocenters. The minimum Gasteiger partial charge on any atom is -0.480 e. The molecule has 0 saturated heterocycles. The summed E-state index contributed by atoms with van der Waals surface area (Å²) in [6.07, 6.45) is 24.6. The SMILES string of the molecule is CCCCC/C=C\C/C=C\C/C=C\C/C=C\CCCC(=O)OCC(O)COP(=O)(O)OCC(NC(=O)CC)C(=O)O. The number of carbonyl (C=O) groups excluding carboxylic acids is 2. The molecule has 0 spiro atoms. The minimum absolute atomic E-state index is 0.0204. The van der Waals surface area contributed by atoms with Gasteiger partial charge in [-0.2, -0.15) is 0 Å². The summed E-state index contributed by atoms with van der Waals surface area (Å²) in [5.74, 6) is -2.56. The molecule has 0 saturated carbocycles. The van der Waals surface area contributed by atoms with Gasteiger partial charge in [-0.05, 0) is 44.9 Å². The van der Waals surface area contributed by atoms with Crippen molar-refractivity contribution in [3.63, 3.8) is 0 Å². The second-order valence-electron chi connectivity index (χ2n) is 9.19. The Morgan fingerprint density at radius 2 is 1.34 bits per heavy atom. The molecule has 0 aromatic rings. The molecule has 0 bridgehead atoms. The highest BCUT2D eigenvalue weighted by Gasteiger charge is 2.28. The van der Waals surface area contributed by atoms with Crippen molar-refractivity contribution >= 4 is 25.7 Å². The van der Waals surface area contributed by atoms with Gasteiger partial charge in [-0.25, -0.2) is 9.36 Å². The Bertz CT molecular complexity index is 900. The fourth-order valence-electron chi connectivity index (χ4n) is 3.09. The highest BCUT2D eigenvalue weighted by molar-refractivity contribution is 7.47. The van der Waals surface area contributed by atoms with Gasteiger partial charge in [0.05, 0.1) is 13.2 Å². The molecule has 0 heterocycles. The first-order valence-electron chi connectivity index (χ1n) is 14.2. The Hall–Kier alpha value is -2.56. The van der Waals surface area contributed by atoms with Gasteiger partial charge < -0.3 is 25.2 Å². The van der Waals surface area contributed by atoms with E-state index in [0.29, 0.717) is 12.8 Å². The van der Waals surface area contributed by atoms with Crippen molar-refractivity contribution in [2.75, 3.05) is 19.8 Å². The number of phosphoric acid groups is 1. The Balaban J connectivity index is 3.95. The number of aliphatic hydroxyl groups excluding tert-OH is 1. The molecule has 0 aliphatic heterocycles. The van der Waals surface area contributed by atoms with Gasteiger partial charge in [0, 0.05) is 12.8 Å². The van der Waals surface area contributed by atoms with E-state index in [2.05, 4.69) is 57.7 Å². The molecule has 3 unspecified atom stereocenters. The standard InChI is InChI=1S/C29H48NO10P/c1-3-5-6-7-8-9-10-11-12-13-14-15-16-17-18-19-20-21-28(33)38-22-25(31)23-39-41(36,37)40-24-26(29(34)35)30-27(32)4-2/h8-9,11-12,14-15,17-18,25-26,31H,3-7,10,13,16,19-24H2,1-2H3,(H,30,32)(H,34,35)(H,36,37)/b9-8-,12-11-,15-14-,18-17-. The van der Waals surface area contributed by atoms with E-state index in [9.17, 15) is 28.9 Å². The van der Waals surface area contributed by atoms with E-state index in [1.165, 1.54) is 26.2 Å². The summed E-state index contributed by atoms with van der Waals surface area (Å²) in [4.78, 5) is 43.9. The molecule has 0 aromatic carbocycles. The minimum atomic E-state index is -4.72. The summed E-state index contributed by atoms with van der Waals surface area (Å²) in [6, 6.07) is -1.55. The van der Waals surface area contributed by atoms with Crippen LogP contribution in [0.4, 0.5) is 0 Å². The molecule has 12 heteroatoms. The Kier molecular flexibility index (Phi) is 23.6. The van der Waals surface area contributed by atoms with Gasteiger partial charge in [-0.1, -0.05) is 75.3 Å². The second-order valence-corrected chi connectivity index (χ2v) is 10.6. The van der Waals surface area contributed by atoms with Crippen LogP contribution in [0.5, 0.6) is 0 Å². The third-order valence-electron chi connectivity index (χ3n) is 5.43. The summed E-state index contributed by atoms with van der Waals surface area (Å²) < 4.78 is 26.0. The quantitative estimate of drug-likeness (QED) is 0.0475. The van der Waals surface area contributed by atoms with Gasteiger partial charge >= 0.3 is 19.8 Å². The molecule has 11 nitrogen and oxygen atoms in total. The van der Waals surface area contributed by atoms with Crippen LogP contribution in [0.25, 0.3) is 0 Å². The highest BCUT2D eigenvalue weighted by Crippen LogP contribution is 2.43. The molecule has 1 amide bonds. The van der Waals surface area contributed by atoms with Crippen LogP contribution < -0.4 is 5.32 Å². The van der Waals surface area contributed by atoms with E-state index in [0.717, 1.165) is 25.7 Å². The van der Waals surface area contributed by atoms with Crippen LogP contribution in [0.3, 0.4) is 0 Å². The Morgan fingerprint density at radius 1 is 0.805 bits per heavy atom. The molecular formula is C29H48NO10P. The fraction of sp³-hybridized carbons (Fsp3) is 0.621. The molecule has 0 rings (SSSR count). The number of carboxylic acids is 1. The van der Waals surface area contributed by atoms with Crippen molar-refractivity contribution in [1.82, 2.24) is 5.32 Å². The van der Waals surface area contributed by atoms with E-state index >= 15 is 0 Å². The number of amides is 1. The lowest BCUT2D eigenvalue weighted by Gasteiger charge is -2.18. The summed E-state index contributed by atoms with van der Waals surface area (Å²) in [5, 5.41) is 21.0. The summed E-state index contributed by atoms with van der Waals surface area (Å²) in [5.41, 5.74) is 0. The number of rotatable bonds is 25. The zero-order chi connectivity index (χ0) is 30.8. The lowest BCUT2D eigenvalue weighted by molar-refractivity contribution is -0.147. The van der Waals surface area contributed by atoms with E-state index < -0.39 is 57.6 Å². The average Bonchev–Trinajstić information content (AvgIpc) is 2.94. The first-order valence-corrected chi connectivity index (χ1v) is 15.7. The number of allylic oxidation sites excluding steroid dienone is 8. The fourth-order valence-corrected chi connectivity index (χ4v) is 3.86. The maximum atomic E-state index is 11.9. The number of aliphatic hydroxyl groups is 1. The van der Waals surface area contributed by atoms with Crippen molar-refractivity contribution < 1.29 is 47.8 Å². The normalized spacial score (nSPS) is 15.0. The largest absolute Gasteiger partial charge is 0.480 e. The van der Waals surface area contributed by atoms with Crippen molar-refractivity contribution in [3.8, 4) is 0 Å². The molecule has 0 fully saturated rings. The van der Waals surface area contributed by atoms with E-state index in [-0.39, 0.29) is 12.8 Å². The highest BCUT2D eigenvalue weighted by atomic mass is 31.2. The topological polar surface area (TPSA) is 169 Å². The molecule has 0 radical (unpaired) electrons.